The number of aromatic nitrogens is 2. The standard InChI is InChI=1S/C21H19Cl3N2O4/c1-4-30-21(27)26-19(20(28-2)29-3)17(12-5-7-13(22)8-6-12)18(25-26)15-10-9-14(23)11-16(15)24/h5-11,20H,4H2,1-3H3. The summed E-state index contributed by atoms with van der Waals surface area (Å²) < 4.78 is 17.3. The molecule has 0 bridgehead atoms. The molecule has 2 aromatic carbocycles. The van der Waals surface area contributed by atoms with Crippen LogP contribution in [0, 0.1) is 0 Å². The second-order valence-corrected chi connectivity index (χ2v) is 7.43. The highest BCUT2D eigenvalue weighted by molar-refractivity contribution is 6.36. The summed E-state index contributed by atoms with van der Waals surface area (Å²) in [5.41, 5.74) is 2.73. The molecule has 0 amide bonds. The smallest absolute Gasteiger partial charge is 0.435 e. The van der Waals surface area contributed by atoms with Crippen LogP contribution in [0.3, 0.4) is 0 Å². The van der Waals surface area contributed by atoms with Crippen LogP contribution in [-0.2, 0) is 14.2 Å². The third-order valence-electron chi connectivity index (χ3n) is 4.33. The maximum atomic E-state index is 12.7. The van der Waals surface area contributed by atoms with Crippen molar-refractivity contribution >= 4 is 40.9 Å². The van der Waals surface area contributed by atoms with Gasteiger partial charge in [-0.25, -0.2) is 4.79 Å². The summed E-state index contributed by atoms with van der Waals surface area (Å²) in [6.45, 7) is 1.89. The molecule has 158 valence electrons. The number of hydrogen-bond donors (Lipinski definition) is 0. The Morgan fingerprint density at radius 3 is 2.23 bits per heavy atom. The van der Waals surface area contributed by atoms with Gasteiger partial charge in [-0.2, -0.15) is 9.78 Å². The first-order valence-electron chi connectivity index (χ1n) is 8.98. The van der Waals surface area contributed by atoms with Gasteiger partial charge in [0.25, 0.3) is 0 Å². The first-order valence-corrected chi connectivity index (χ1v) is 10.1. The highest BCUT2D eigenvalue weighted by Crippen LogP contribution is 2.41. The van der Waals surface area contributed by atoms with E-state index >= 15 is 0 Å². The summed E-state index contributed by atoms with van der Waals surface area (Å²) in [5.74, 6) is 0. The Morgan fingerprint density at radius 1 is 1.03 bits per heavy atom. The SMILES string of the molecule is CCOC(=O)n1nc(-c2ccc(Cl)cc2Cl)c(-c2ccc(Cl)cc2)c1C(OC)OC. The van der Waals surface area contributed by atoms with E-state index in [0.29, 0.717) is 37.6 Å². The van der Waals surface area contributed by atoms with Crippen LogP contribution in [-0.4, -0.2) is 36.7 Å². The van der Waals surface area contributed by atoms with Gasteiger partial charge >= 0.3 is 6.09 Å². The van der Waals surface area contributed by atoms with Gasteiger partial charge in [-0.3, -0.25) is 0 Å². The van der Waals surface area contributed by atoms with Crippen LogP contribution < -0.4 is 0 Å². The number of carbonyl (C=O) groups is 1. The molecule has 1 aromatic heterocycles. The van der Waals surface area contributed by atoms with Crippen LogP contribution in [0.25, 0.3) is 22.4 Å². The lowest BCUT2D eigenvalue weighted by Crippen LogP contribution is -2.21. The summed E-state index contributed by atoms with van der Waals surface area (Å²) in [6.07, 6.45) is -1.56. The van der Waals surface area contributed by atoms with Gasteiger partial charge in [-0.05, 0) is 42.8 Å². The van der Waals surface area contributed by atoms with Crippen LogP contribution in [0.5, 0.6) is 0 Å². The van der Waals surface area contributed by atoms with E-state index in [1.54, 1.807) is 37.3 Å². The van der Waals surface area contributed by atoms with Crippen LogP contribution in [0.15, 0.2) is 42.5 Å². The lowest BCUT2D eigenvalue weighted by molar-refractivity contribution is -0.110. The highest BCUT2D eigenvalue weighted by atomic mass is 35.5. The molecule has 3 rings (SSSR count). The van der Waals surface area contributed by atoms with Gasteiger partial charge in [0.1, 0.15) is 11.4 Å². The van der Waals surface area contributed by atoms with Gasteiger partial charge in [0.05, 0.1) is 11.6 Å². The molecule has 0 aliphatic carbocycles. The number of nitrogens with zero attached hydrogens (tertiary/aromatic N) is 2. The Morgan fingerprint density at radius 2 is 1.67 bits per heavy atom. The fourth-order valence-electron chi connectivity index (χ4n) is 3.06. The second kappa shape index (κ2) is 9.81. The number of halogens is 3. The van der Waals surface area contributed by atoms with Gasteiger partial charge in [0.15, 0.2) is 0 Å². The molecule has 0 spiro atoms. The van der Waals surface area contributed by atoms with Crippen LogP contribution in [0.1, 0.15) is 18.9 Å². The van der Waals surface area contributed by atoms with Gasteiger partial charge in [0, 0.05) is 35.4 Å². The molecule has 0 atom stereocenters. The van der Waals surface area contributed by atoms with Gasteiger partial charge in [0.2, 0.25) is 6.29 Å². The minimum atomic E-state index is -0.896. The zero-order valence-corrected chi connectivity index (χ0v) is 18.8. The van der Waals surface area contributed by atoms with Crippen molar-refractivity contribution in [3.63, 3.8) is 0 Å². The number of rotatable bonds is 6. The maximum Gasteiger partial charge on any atom is 0.435 e. The van der Waals surface area contributed by atoms with Crippen LogP contribution >= 0.6 is 34.8 Å². The molecule has 0 radical (unpaired) electrons. The summed E-state index contributed by atoms with van der Waals surface area (Å²) in [4.78, 5) is 12.7. The lowest BCUT2D eigenvalue weighted by atomic mass is 9.98. The highest BCUT2D eigenvalue weighted by Gasteiger charge is 2.31. The van der Waals surface area contributed by atoms with E-state index in [9.17, 15) is 4.79 Å². The quantitative estimate of drug-likeness (QED) is 0.387. The molecule has 0 aliphatic rings. The predicted octanol–water partition coefficient (Wildman–Crippen LogP) is 6.47. The van der Waals surface area contributed by atoms with Crippen molar-refractivity contribution in [1.29, 1.82) is 0 Å². The van der Waals surface area contributed by atoms with Gasteiger partial charge in [-0.15, -0.1) is 0 Å². The molecule has 0 N–H and O–H groups in total. The molecular weight excluding hydrogens is 451 g/mol. The fourth-order valence-corrected chi connectivity index (χ4v) is 3.69. The normalized spacial score (nSPS) is 11.2. The zero-order valence-electron chi connectivity index (χ0n) is 16.5. The van der Waals surface area contributed by atoms with Crippen molar-refractivity contribution < 1.29 is 19.0 Å². The van der Waals surface area contributed by atoms with Crippen LogP contribution in [0.2, 0.25) is 15.1 Å². The fraction of sp³-hybridized carbons (Fsp3) is 0.238. The largest absolute Gasteiger partial charge is 0.448 e. The zero-order chi connectivity index (χ0) is 21.8. The number of carbonyl (C=O) groups excluding carboxylic acids is 1. The van der Waals surface area contributed by atoms with Gasteiger partial charge in [-0.1, -0.05) is 46.9 Å². The van der Waals surface area contributed by atoms with Crippen molar-refractivity contribution in [2.24, 2.45) is 0 Å². The predicted molar refractivity (Wildman–Crippen MR) is 117 cm³/mol. The van der Waals surface area contributed by atoms with E-state index < -0.39 is 12.4 Å². The number of benzene rings is 2. The average molecular weight is 470 g/mol. The van der Waals surface area contributed by atoms with Crippen LogP contribution in [0.4, 0.5) is 4.79 Å². The Kier molecular flexibility index (Phi) is 7.39. The summed E-state index contributed by atoms with van der Waals surface area (Å²) >= 11 is 18.6. The van der Waals surface area contributed by atoms with Crippen molar-refractivity contribution in [3.8, 4) is 22.4 Å². The van der Waals surface area contributed by atoms with Crippen molar-refractivity contribution in [2.45, 2.75) is 13.2 Å². The Labute approximate surface area is 189 Å². The Balaban J connectivity index is 2.38. The van der Waals surface area contributed by atoms with E-state index in [0.717, 1.165) is 10.2 Å². The van der Waals surface area contributed by atoms with E-state index in [1.807, 2.05) is 12.1 Å². The molecular formula is C21H19Cl3N2O4. The molecule has 0 fully saturated rings. The maximum absolute atomic E-state index is 12.7. The molecule has 0 saturated heterocycles. The average Bonchev–Trinajstić information content (AvgIpc) is 3.10. The van der Waals surface area contributed by atoms with E-state index in [1.165, 1.54) is 14.2 Å². The topological polar surface area (TPSA) is 62.6 Å². The summed E-state index contributed by atoms with van der Waals surface area (Å²) in [6, 6.07) is 12.1. The molecule has 3 aromatic rings. The summed E-state index contributed by atoms with van der Waals surface area (Å²) in [7, 11) is 2.94. The Bertz CT molecular complexity index is 1050. The third kappa shape index (κ3) is 4.48. The molecule has 6 nitrogen and oxygen atoms in total. The van der Waals surface area contributed by atoms with Crippen molar-refractivity contribution in [1.82, 2.24) is 9.78 Å². The summed E-state index contributed by atoms with van der Waals surface area (Å²) in [5, 5.41) is 5.95. The molecule has 0 unspecified atom stereocenters. The molecule has 0 aliphatic heterocycles. The minimum Gasteiger partial charge on any atom is -0.448 e. The van der Waals surface area contributed by atoms with E-state index in [4.69, 9.17) is 49.0 Å². The first kappa shape index (κ1) is 22.6. The molecule has 1 heterocycles. The van der Waals surface area contributed by atoms with E-state index in [2.05, 4.69) is 5.10 Å². The van der Waals surface area contributed by atoms with E-state index in [-0.39, 0.29) is 6.61 Å². The minimum absolute atomic E-state index is 0.177. The first-order chi connectivity index (χ1) is 14.4. The molecule has 0 saturated carbocycles. The van der Waals surface area contributed by atoms with Crippen molar-refractivity contribution in [2.75, 3.05) is 20.8 Å². The number of hydrogen-bond acceptors (Lipinski definition) is 5. The molecule has 30 heavy (non-hydrogen) atoms. The van der Waals surface area contributed by atoms with Crippen molar-refractivity contribution in [3.05, 3.63) is 63.2 Å². The van der Waals surface area contributed by atoms with Gasteiger partial charge < -0.3 is 14.2 Å². The lowest BCUT2D eigenvalue weighted by Gasteiger charge is -2.17. The number of methoxy groups -OCH3 is 2. The molecule has 9 heteroatoms. The Hall–Kier alpha value is -2.09. The number of ether oxygens (including phenoxy) is 3. The second-order valence-electron chi connectivity index (χ2n) is 6.15. The third-order valence-corrected chi connectivity index (χ3v) is 5.13. The monoisotopic (exact) mass is 468 g/mol.